The van der Waals surface area contributed by atoms with Crippen molar-refractivity contribution in [2.45, 2.75) is 0 Å². The van der Waals surface area contributed by atoms with E-state index in [4.69, 9.17) is 5.73 Å². The number of hydrogen-bond donors (Lipinski definition) is 1. The molecule has 0 aliphatic carbocycles. The normalized spacial score (nSPS) is 10.6. The maximum absolute atomic E-state index is 13.0. The Balaban J connectivity index is 3.06. The summed E-state index contributed by atoms with van der Waals surface area (Å²) in [7, 11) is 0. The van der Waals surface area contributed by atoms with Gasteiger partial charge in [-0.2, -0.15) is 4.39 Å². The molecule has 1 rings (SSSR count). The first kappa shape index (κ1) is 10.1. The molecule has 68 valence electrons. The summed E-state index contributed by atoms with van der Waals surface area (Å²) in [6.45, 7) is 0. The molecule has 1 heterocycles. The average Bonchev–Trinajstić information content (AvgIpc) is 2.03. The van der Waals surface area contributed by atoms with E-state index >= 15 is 0 Å². The van der Waals surface area contributed by atoms with E-state index in [2.05, 4.69) is 4.98 Å². The molecule has 2 N–H and O–H groups in total. The molecule has 0 saturated heterocycles. The number of nitrogens with two attached hydrogens (primary N) is 1. The molecule has 1 aromatic heterocycles. The van der Waals surface area contributed by atoms with E-state index in [1.54, 1.807) is 6.07 Å². The van der Waals surface area contributed by atoms with Gasteiger partial charge >= 0.3 is 0 Å². The molecule has 0 aliphatic heterocycles. The third-order valence-corrected chi connectivity index (χ3v) is 2.24. The van der Waals surface area contributed by atoms with Crippen LogP contribution in [0.3, 0.4) is 0 Å². The molecule has 5 heteroatoms. The fraction of sp³-hybridized carbons (Fsp3) is 0. The van der Waals surface area contributed by atoms with Crippen molar-refractivity contribution in [2.75, 3.05) is 0 Å². The molecule has 0 aliphatic rings. The molecule has 0 spiro atoms. The molecular weight excluding hydrogens is 286 g/mol. The Labute approximate surface area is 88.0 Å². The van der Waals surface area contributed by atoms with Gasteiger partial charge in [0.2, 0.25) is 11.9 Å². The summed E-state index contributed by atoms with van der Waals surface area (Å²) >= 11 is 1.95. The summed E-state index contributed by atoms with van der Waals surface area (Å²) in [6.07, 6.45) is 3.77. The highest BCUT2D eigenvalue weighted by atomic mass is 127. The maximum Gasteiger partial charge on any atom is 0.241 e. The third kappa shape index (κ3) is 2.76. The largest absolute Gasteiger partial charge is 0.366 e. The topological polar surface area (TPSA) is 56.0 Å². The second-order valence-corrected chi connectivity index (χ2v) is 3.40. The highest BCUT2D eigenvalue weighted by Gasteiger charge is 2.03. The van der Waals surface area contributed by atoms with Crippen LogP contribution in [0.4, 0.5) is 4.39 Å². The van der Waals surface area contributed by atoms with E-state index in [1.807, 2.05) is 22.6 Å². The van der Waals surface area contributed by atoms with Gasteiger partial charge in [-0.3, -0.25) is 4.79 Å². The van der Waals surface area contributed by atoms with Crippen molar-refractivity contribution in [3.8, 4) is 0 Å². The minimum atomic E-state index is -0.612. The molecule has 0 fully saturated rings. The van der Waals surface area contributed by atoms with Crippen LogP contribution in [0.15, 0.2) is 18.3 Å². The zero-order chi connectivity index (χ0) is 9.84. The number of amides is 1. The first-order chi connectivity index (χ1) is 6.11. The third-order valence-electron chi connectivity index (χ3n) is 1.30. The lowest BCUT2D eigenvalue weighted by molar-refractivity contribution is -0.113. The zero-order valence-electron chi connectivity index (χ0n) is 6.50. The molecule has 1 aromatic rings. The summed E-state index contributed by atoms with van der Waals surface area (Å²) in [5.41, 5.74) is 5.15. The molecule has 0 radical (unpaired) electrons. The van der Waals surface area contributed by atoms with Crippen molar-refractivity contribution in [1.29, 1.82) is 0 Å². The van der Waals surface area contributed by atoms with E-state index in [1.165, 1.54) is 12.3 Å². The Morgan fingerprint density at radius 1 is 1.69 bits per heavy atom. The molecule has 0 atom stereocenters. The summed E-state index contributed by atoms with van der Waals surface area (Å²) in [5.74, 6) is -1.22. The number of hydrogen-bond acceptors (Lipinski definition) is 2. The van der Waals surface area contributed by atoms with Gasteiger partial charge in [-0.25, -0.2) is 4.98 Å². The van der Waals surface area contributed by atoms with Crippen molar-refractivity contribution < 1.29 is 9.18 Å². The fourth-order valence-electron chi connectivity index (χ4n) is 0.740. The molecule has 13 heavy (non-hydrogen) atoms. The van der Waals surface area contributed by atoms with Gasteiger partial charge in [0.05, 0.1) is 0 Å². The SMILES string of the molecule is NC(=O)C=Cc1c(I)ccnc1F. The van der Waals surface area contributed by atoms with Crippen molar-refractivity contribution in [1.82, 2.24) is 4.98 Å². The number of carbonyl (C=O) groups excluding carboxylic acids is 1. The van der Waals surface area contributed by atoms with E-state index in [0.29, 0.717) is 3.57 Å². The number of halogens is 2. The minimum Gasteiger partial charge on any atom is -0.366 e. The number of primary amides is 1. The smallest absolute Gasteiger partial charge is 0.241 e. The molecule has 3 nitrogen and oxygen atoms in total. The van der Waals surface area contributed by atoms with Crippen molar-refractivity contribution in [3.63, 3.8) is 0 Å². The van der Waals surface area contributed by atoms with Gasteiger partial charge in [0.1, 0.15) is 0 Å². The Kier molecular flexibility index (Phi) is 3.35. The van der Waals surface area contributed by atoms with Gasteiger partial charge in [0, 0.05) is 21.4 Å². The summed E-state index contributed by atoms with van der Waals surface area (Å²) in [4.78, 5) is 13.8. The van der Waals surface area contributed by atoms with Gasteiger partial charge in [0.25, 0.3) is 0 Å². The maximum atomic E-state index is 13.0. The van der Waals surface area contributed by atoms with Crippen LogP contribution in [0, 0.1) is 9.52 Å². The van der Waals surface area contributed by atoms with Crippen molar-refractivity contribution >= 4 is 34.6 Å². The summed E-state index contributed by atoms with van der Waals surface area (Å²) in [6, 6.07) is 1.64. The quantitative estimate of drug-likeness (QED) is 0.508. The van der Waals surface area contributed by atoms with Crippen LogP contribution < -0.4 is 5.73 Å². The van der Waals surface area contributed by atoms with Crippen LogP contribution in [0.25, 0.3) is 6.08 Å². The lowest BCUT2D eigenvalue weighted by atomic mass is 10.2. The second-order valence-electron chi connectivity index (χ2n) is 2.23. The van der Waals surface area contributed by atoms with Gasteiger partial charge in [-0.15, -0.1) is 0 Å². The van der Waals surface area contributed by atoms with Crippen molar-refractivity contribution in [2.24, 2.45) is 5.73 Å². The van der Waals surface area contributed by atoms with Crippen LogP contribution in [-0.4, -0.2) is 10.9 Å². The molecule has 0 bridgehead atoms. The van der Waals surface area contributed by atoms with Gasteiger partial charge in [-0.05, 0) is 34.7 Å². The minimum absolute atomic E-state index is 0.280. The van der Waals surface area contributed by atoms with Crippen LogP contribution >= 0.6 is 22.6 Å². The van der Waals surface area contributed by atoms with Crippen LogP contribution in [0.2, 0.25) is 0 Å². The van der Waals surface area contributed by atoms with Crippen molar-refractivity contribution in [3.05, 3.63) is 33.4 Å². The number of aromatic nitrogens is 1. The van der Waals surface area contributed by atoms with E-state index < -0.39 is 11.9 Å². The van der Waals surface area contributed by atoms with E-state index in [9.17, 15) is 9.18 Å². The van der Waals surface area contributed by atoms with Crippen LogP contribution in [0.5, 0.6) is 0 Å². The Hall–Kier alpha value is -0.980. The highest BCUT2D eigenvalue weighted by Crippen LogP contribution is 2.14. The summed E-state index contributed by atoms with van der Waals surface area (Å²) in [5, 5.41) is 0. The number of rotatable bonds is 2. The fourth-order valence-corrected chi connectivity index (χ4v) is 1.30. The van der Waals surface area contributed by atoms with E-state index in [-0.39, 0.29) is 5.56 Å². The van der Waals surface area contributed by atoms with Gasteiger partial charge < -0.3 is 5.73 Å². The van der Waals surface area contributed by atoms with E-state index in [0.717, 1.165) is 6.08 Å². The predicted octanol–water partition coefficient (Wildman–Crippen LogP) is 1.32. The Morgan fingerprint density at radius 3 is 2.92 bits per heavy atom. The Morgan fingerprint density at radius 2 is 2.38 bits per heavy atom. The average molecular weight is 292 g/mol. The molecule has 1 amide bonds. The lowest BCUT2D eigenvalue weighted by Crippen LogP contribution is -2.05. The monoisotopic (exact) mass is 292 g/mol. The summed E-state index contributed by atoms with van der Waals surface area (Å²) < 4.78 is 13.7. The van der Waals surface area contributed by atoms with Gasteiger partial charge in [-0.1, -0.05) is 0 Å². The standard InChI is InChI=1S/C8H6FIN2O/c9-8-5(1-2-7(11)13)6(10)3-4-12-8/h1-4H,(H2,11,13). The van der Waals surface area contributed by atoms with Crippen LogP contribution in [-0.2, 0) is 4.79 Å². The van der Waals surface area contributed by atoms with Gasteiger partial charge in [0.15, 0.2) is 0 Å². The number of nitrogens with zero attached hydrogens (tertiary/aromatic N) is 1. The highest BCUT2D eigenvalue weighted by molar-refractivity contribution is 14.1. The molecule has 0 unspecified atom stereocenters. The molecule has 0 saturated carbocycles. The Bertz CT molecular complexity index is 345. The predicted molar refractivity (Wildman–Crippen MR) is 55.1 cm³/mol. The molecule has 0 aromatic carbocycles. The number of pyridine rings is 1. The first-order valence-electron chi connectivity index (χ1n) is 3.39. The first-order valence-corrected chi connectivity index (χ1v) is 4.46. The second kappa shape index (κ2) is 4.31. The van der Waals surface area contributed by atoms with Crippen LogP contribution in [0.1, 0.15) is 5.56 Å². The number of carbonyl (C=O) groups is 1. The zero-order valence-corrected chi connectivity index (χ0v) is 8.66. The molecular formula is C8H6FIN2O. The lowest BCUT2D eigenvalue weighted by Gasteiger charge is -1.97.